The van der Waals surface area contributed by atoms with Crippen LogP contribution in [0.3, 0.4) is 0 Å². The van der Waals surface area contributed by atoms with Crippen molar-refractivity contribution in [3.63, 3.8) is 0 Å². The van der Waals surface area contributed by atoms with Crippen LogP contribution >= 0.6 is 0 Å². The Morgan fingerprint density at radius 1 is 0.893 bits per heavy atom. The zero-order chi connectivity index (χ0) is 19.9. The fourth-order valence-electron chi connectivity index (χ4n) is 2.59. The number of amides is 1. The van der Waals surface area contributed by atoms with Crippen LogP contribution in [0.15, 0.2) is 67.0 Å². The summed E-state index contributed by atoms with van der Waals surface area (Å²) in [5.41, 5.74) is 1.55. The number of carbonyl (C=O) groups is 1. The van der Waals surface area contributed by atoms with Gasteiger partial charge in [0.1, 0.15) is 11.5 Å². The number of carbonyl (C=O) groups excluding carboxylic acids is 1. The summed E-state index contributed by atoms with van der Waals surface area (Å²) in [6.07, 6.45) is 3.34. The van der Waals surface area contributed by atoms with Crippen molar-refractivity contribution < 1.29 is 14.3 Å². The summed E-state index contributed by atoms with van der Waals surface area (Å²) in [6.45, 7) is 5.92. The molecule has 0 saturated carbocycles. The van der Waals surface area contributed by atoms with Crippen molar-refractivity contribution in [3.8, 4) is 17.5 Å². The number of aromatic nitrogens is 2. The van der Waals surface area contributed by atoms with Crippen LogP contribution in [0.2, 0.25) is 0 Å². The Morgan fingerprint density at radius 3 is 2.11 bits per heavy atom. The van der Waals surface area contributed by atoms with Gasteiger partial charge in [-0.2, -0.15) is 0 Å². The smallest absolute Gasteiger partial charge is 0.321 e. The fourth-order valence-corrected chi connectivity index (χ4v) is 2.59. The zero-order valence-corrected chi connectivity index (χ0v) is 16.1. The molecule has 3 aromatic rings. The van der Waals surface area contributed by atoms with E-state index in [-0.39, 0.29) is 24.1 Å². The van der Waals surface area contributed by atoms with Crippen molar-refractivity contribution in [2.75, 3.05) is 0 Å². The van der Waals surface area contributed by atoms with Gasteiger partial charge in [0.25, 0.3) is 5.91 Å². The van der Waals surface area contributed by atoms with Crippen molar-refractivity contribution in [1.29, 1.82) is 0 Å². The molecule has 1 amide bonds. The summed E-state index contributed by atoms with van der Waals surface area (Å²) >= 11 is 0. The molecular formula is C22H23N3O3. The summed E-state index contributed by atoms with van der Waals surface area (Å²) in [5, 5.41) is 3.00. The zero-order valence-electron chi connectivity index (χ0n) is 16.1. The molecule has 1 unspecified atom stereocenters. The Kier molecular flexibility index (Phi) is 6.22. The van der Waals surface area contributed by atoms with Crippen molar-refractivity contribution in [2.24, 2.45) is 0 Å². The molecule has 0 aliphatic heterocycles. The van der Waals surface area contributed by atoms with E-state index in [4.69, 9.17) is 9.47 Å². The molecule has 1 heterocycles. The van der Waals surface area contributed by atoms with E-state index >= 15 is 0 Å². The Bertz CT molecular complexity index is 895. The van der Waals surface area contributed by atoms with Gasteiger partial charge in [0.2, 0.25) is 0 Å². The van der Waals surface area contributed by atoms with Crippen LogP contribution in [0.5, 0.6) is 17.5 Å². The van der Waals surface area contributed by atoms with E-state index < -0.39 is 0 Å². The molecule has 28 heavy (non-hydrogen) atoms. The predicted molar refractivity (Wildman–Crippen MR) is 107 cm³/mol. The lowest BCUT2D eigenvalue weighted by molar-refractivity contribution is 0.0940. The minimum Gasteiger partial charge on any atom is -0.491 e. The second-order valence-corrected chi connectivity index (χ2v) is 6.59. The first kappa shape index (κ1) is 19.4. The van der Waals surface area contributed by atoms with Crippen LogP contribution in [-0.2, 0) is 0 Å². The first-order valence-electron chi connectivity index (χ1n) is 9.13. The SMILES string of the molecule is CC(C)Oc1ccc(C(C)NC(=O)c2ccc(Oc3ncccn3)cc2)cc1. The molecule has 1 N–H and O–H groups in total. The van der Waals surface area contributed by atoms with Crippen LogP contribution in [0, 0.1) is 0 Å². The normalized spacial score (nSPS) is 11.7. The minimum absolute atomic E-state index is 0.128. The molecule has 0 spiro atoms. The molecule has 0 fully saturated rings. The molecule has 2 aromatic carbocycles. The van der Waals surface area contributed by atoms with Gasteiger partial charge in [-0.25, -0.2) is 9.97 Å². The lowest BCUT2D eigenvalue weighted by Crippen LogP contribution is -2.26. The van der Waals surface area contributed by atoms with Gasteiger partial charge in [0.15, 0.2) is 0 Å². The lowest BCUT2D eigenvalue weighted by Gasteiger charge is -2.16. The third kappa shape index (κ3) is 5.30. The molecular weight excluding hydrogens is 354 g/mol. The third-order valence-electron chi connectivity index (χ3n) is 3.97. The quantitative estimate of drug-likeness (QED) is 0.654. The van der Waals surface area contributed by atoms with Gasteiger partial charge >= 0.3 is 6.01 Å². The van der Waals surface area contributed by atoms with Gasteiger partial charge in [0.05, 0.1) is 12.1 Å². The molecule has 0 saturated heterocycles. The number of nitrogens with zero attached hydrogens (tertiary/aromatic N) is 2. The second kappa shape index (κ2) is 8.99. The molecule has 1 aromatic heterocycles. The Hall–Kier alpha value is -3.41. The predicted octanol–water partition coefficient (Wildman–Crippen LogP) is 4.55. The molecule has 144 valence electrons. The van der Waals surface area contributed by atoms with E-state index in [0.29, 0.717) is 11.3 Å². The third-order valence-corrected chi connectivity index (χ3v) is 3.97. The van der Waals surface area contributed by atoms with Gasteiger partial charge < -0.3 is 14.8 Å². The summed E-state index contributed by atoms with van der Waals surface area (Å²) in [7, 11) is 0. The number of rotatable bonds is 7. The van der Waals surface area contributed by atoms with Gasteiger partial charge in [-0.3, -0.25) is 4.79 Å². The van der Waals surface area contributed by atoms with Crippen molar-refractivity contribution in [3.05, 3.63) is 78.1 Å². The van der Waals surface area contributed by atoms with Crippen molar-refractivity contribution >= 4 is 5.91 Å². The van der Waals surface area contributed by atoms with Crippen LogP contribution in [0.25, 0.3) is 0 Å². The highest BCUT2D eigenvalue weighted by atomic mass is 16.5. The summed E-state index contributed by atoms with van der Waals surface area (Å²) < 4.78 is 11.2. The molecule has 6 nitrogen and oxygen atoms in total. The standard InChI is InChI=1S/C22H23N3O3/c1-15(2)27-19-9-5-17(6-10-19)16(3)25-21(26)18-7-11-20(12-8-18)28-22-23-13-4-14-24-22/h4-16H,1-3H3,(H,25,26). The van der Waals surface area contributed by atoms with E-state index in [1.165, 1.54) is 0 Å². The average molecular weight is 377 g/mol. The Labute approximate surface area is 164 Å². The topological polar surface area (TPSA) is 73.3 Å². The highest BCUT2D eigenvalue weighted by Crippen LogP contribution is 2.20. The van der Waals surface area contributed by atoms with E-state index in [2.05, 4.69) is 15.3 Å². The number of hydrogen-bond acceptors (Lipinski definition) is 5. The first-order chi connectivity index (χ1) is 13.5. The van der Waals surface area contributed by atoms with Crippen LogP contribution < -0.4 is 14.8 Å². The lowest BCUT2D eigenvalue weighted by atomic mass is 10.1. The summed E-state index contributed by atoms with van der Waals surface area (Å²) in [6, 6.07) is 16.4. The second-order valence-electron chi connectivity index (χ2n) is 6.59. The molecule has 0 radical (unpaired) electrons. The maximum Gasteiger partial charge on any atom is 0.321 e. The fraction of sp³-hybridized carbons (Fsp3) is 0.227. The molecule has 0 aliphatic rings. The maximum atomic E-state index is 12.5. The minimum atomic E-state index is -0.155. The number of nitrogens with one attached hydrogen (secondary N) is 1. The van der Waals surface area contributed by atoms with Crippen LogP contribution in [-0.4, -0.2) is 22.0 Å². The van der Waals surface area contributed by atoms with Gasteiger partial charge in [-0.1, -0.05) is 12.1 Å². The van der Waals surface area contributed by atoms with Gasteiger partial charge in [-0.15, -0.1) is 0 Å². The summed E-state index contributed by atoms with van der Waals surface area (Å²) in [5.74, 6) is 1.23. The molecule has 3 rings (SSSR count). The largest absolute Gasteiger partial charge is 0.491 e. The number of benzene rings is 2. The van der Waals surface area contributed by atoms with Crippen molar-refractivity contribution in [1.82, 2.24) is 15.3 Å². The van der Waals surface area contributed by atoms with Crippen LogP contribution in [0.1, 0.15) is 42.7 Å². The van der Waals surface area contributed by atoms with Gasteiger partial charge in [-0.05, 0) is 68.8 Å². The Balaban J connectivity index is 1.59. The highest BCUT2D eigenvalue weighted by Gasteiger charge is 2.12. The molecule has 0 aliphatic carbocycles. The number of ether oxygens (including phenoxy) is 2. The highest BCUT2D eigenvalue weighted by molar-refractivity contribution is 5.94. The molecule has 0 bridgehead atoms. The van der Waals surface area contributed by atoms with Crippen molar-refractivity contribution in [2.45, 2.75) is 32.9 Å². The van der Waals surface area contributed by atoms with E-state index in [9.17, 15) is 4.79 Å². The maximum absolute atomic E-state index is 12.5. The van der Waals surface area contributed by atoms with Crippen LogP contribution in [0.4, 0.5) is 0 Å². The number of hydrogen-bond donors (Lipinski definition) is 1. The van der Waals surface area contributed by atoms with E-state index in [1.807, 2.05) is 45.0 Å². The molecule has 6 heteroatoms. The first-order valence-corrected chi connectivity index (χ1v) is 9.13. The summed E-state index contributed by atoms with van der Waals surface area (Å²) in [4.78, 5) is 20.5. The average Bonchev–Trinajstić information content (AvgIpc) is 2.69. The van der Waals surface area contributed by atoms with E-state index in [1.54, 1.807) is 42.7 Å². The van der Waals surface area contributed by atoms with E-state index in [0.717, 1.165) is 11.3 Å². The van der Waals surface area contributed by atoms with Gasteiger partial charge in [0, 0.05) is 18.0 Å². The Morgan fingerprint density at radius 2 is 1.50 bits per heavy atom. The monoisotopic (exact) mass is 377 g/mol. The molecule has 1 atom stereocenters.